The van der Waals surface area contributed by atoms with Crippen molar-refractivity contribution in [2.75, 3.05) is 26.2 Å². The molecule has 3 nitrogen and oxygen atoms in total. The Morgan fingerprint density at radius 2 is 1.95 bits per heavy atom. The molecule has 1 aliphatic heterocycles. The second-order valence-corrected chi connectivity index (χ2v) is 6.63. The minimum atomic E-state index is -0.118. The van der Waals surface area contributed by atoms with Gasteiger partial charge < -0.3 is 15.3 Å². The van der Waals surface area contributed by atoms with E-state index in [1.807, 2.05) is 6.92 Å². The summed E-state index contributed by atoms with van der Waals surface area (Å²) < 4.78 is 0. The summed E-state index contributed by atoms with van der Waals surface area (Å²) in [7, 11) is 0. The molecule has 0 amide bonds. The van der Waals surface area contributed by atoms with E-state index in [2.05, 4.69) is 17.1 Å². The van der Waals surface area contributed by atoms with Crippen molar-refractivity contribution in [3.05, 3.63) is 0 Å². The standard InChI is InChI=1S/C16H32N2O/c1-3-9-17-16-6-4-5-15(16)12-18-10-7-14(8-11-18)13(2)19/h13-17,19H,3-12H2,1-2H3. The van der Waals surface area contributed by atoms with Gasteiger partial charge >= 0.3 is 0 Å². The molecule has 3 atom stereocenters. The average molecular weight is 268 g/mol. The van der Waals surface area contributed by atoms with Crippen molar-refractivity contribution in [3.8, 4) is 0 Å². The van der Waals surface area contributed by atoms with Crippen LogP contribution in [0.3, 0.4) is 0 Å². The number of rotatable bonds is 6. The lowest BCUT2D eigenvalue weighted by molar-refractivity contribution is 0.0651. The van der Waals surface area contributed by atoms with Gasteiger partial charge in [-0.2, -0.15) is 0 Å². The fraction of sp³-hybridized carbons (Fsp3) is 1.00. The van der Waals surface area contributed by atoms with Crippen molar-refractivity contribution in [2.24, 2.45) is 11.8 Å². The summed E-state index contributed by atoms with van der Waals surface area (Å²) in [5.41, 5.74) is 0. The summed E-state index contributed by atoms with van der Waals surface area (Å²) in [6, 6.07) is 0.759. The monoisotopic (exact) mass is 268 g/mol. The number of aliphatic hydroxyl groups is 1. The van der Waals surface area contributed by atoms with E-state index in [-0.39, 0.29) is 6.10 Å². The van der Waals surface area contributed by atoms with Crippen LogP contribution in [0.15, 0.2) is 0 Å². The number of nitrogens with one attached hydrogen (secondary N) is 1. The quantitative estimate of drug-likeness (QED) is 0.775. The average Bonchev–Trinajstić information content (AvgIpc) is 2.84. The molecule has 3 unspecified atom stereocenters. The zero-order valence-electron chi connectivity index (χ0n) is 12.8. The maximum Gasteiger partial charge on any atom is 0.0541 e. The van der Waals surface area contributed by atoms with Crippen LogP contribution in [0.2, 0.25) is 0 Å². The van der Waals surface area contributed by atoms with Crippen LogP contribution in [0.5, 0.6) is 0 Å². The largest absolute Gasteiger partial charge is 0.393 e. The maximum absolute atomic E-state index is 9.66. The highest BCUT2D eigenvalue weighted by molar-refractivity contribution is 4.86. The fourth-order valence-electron chi connectivity index (χ4n) is 3.80. The molecular weight excluding hydrogens is 236 g/mol. The van der Waals surface area contributed by atoms with Crippen LogP contribution in [-0.2, 0) is 0 Å². The molecule has 2 rings (SSSR count). The van der Waals surface area contributed by atoms with Gasteiger partial charge in [-0.15, -0.1) is 0 Å². The molecule has 1 heterocycles. The van der Waals surface area contributed by atoms with Gasteiger partial charge in [-0.3, -0.25) is 0 Å². The van der Waals surface area contributed by atoms with Crippen molar-refractivity contribution in [1.82, 2.24) is 10.2 Å². The van der Waals surface area contributed by atoms with Crippen LogP contribution in [0.25, 0.3) is 0 Å². The molecule has 19 heavy (non-hydrogen) atoms. The van der Waals surface area contributed by atoms with Gasteiger partial charge in [0.15, 0.2) is 0 Å². The first-order valence-electron chi connectivity index (χ1n) is 8.34. The van der Waals surface area contributed by atoms with Crippen LogP contribution in [0.1, 0.15) is 52.4 Å². The predicted octanol–water partition coefficient (Wildman–Crippen LogP) is 2.25. The number of hydrogen-bond donors (Lipinski definition) is 2. The van der Waals surface area contributed by atoms with Crippen molar-refractivity contribution in [3.63, 3.8) is 0 Å². The van der Waals surface area contributed by atoms with E-state index in [9.17, 15) is 5.11 Å². The smallest absolute Gasteiger partial charge is 0.0541 e. The van der Waals surface area contributed by atoms with E-state index < -0.39 is 0 Å². The predicted molar refractivity (Wildman–Crippen MR) is 80.3 cm³/mol. The van der Waals surface area contributed by atoms with Gasteiger partial charge in [0.25, 0.3) is 0 Å². The lowest BCUT2D eigenvalue weighted by atomic mass is 9.91. The second-order valence-electron chi connectivity index (χ2n) is 6.63. The minimum Gasteiger partial charge on any atom is -0.393 e. The lowest BCUT2D eigenvalue weighted by Crippen LogP contribution is -2.43. The Balaban J connectivity index is 1.72. The molecule has 0 aromatic rings. The van der Waals surface area contributed by atoms with Crippen molar-refractivity contribution < 1.29 is 5.11 Å². The molecule has 2 fully saturated rings. The van der Waals surface area contributed by atoms with E-state index >= 15 is 0 Å². The van der Waals surface area contributed by atoms with Gasteiger partial charge in [-0.1, -0.05) is 13.3 Å². The number of aliphatic hydroxyl groups excluding tert-OH is 1. The molecule has 0 radical (unpaired) electrons. The van der Waals surface area contributed by atoms with E-state index in [0.717, 1.165) is 12.0 Å². The molecule has 2 aliphatic rings. The number of likely N-dealkylation sites (tertiary alicyclic amines) is 1. The summed E-state index contributed by atoms with van der Waals surface area (Å²) in [6.07, 6.45) is 7.65. The second kappa shape index (κ2) is 7.61. The van der Waals surface area contributed by atoms with Crippen LogP contribution in [0.4, 0.5) is 0 Å². The van der Waals surface area contributed by atoms with Crippen LogP contribution < -0.4 is 5.32 Å². The molecular formula is C16H32N2O. The zero-order valence-corrected chi connectivity index (χ0v) is 12.8. The molecule has 2 N–H and O–H groups in total. The molecule has 0 aromatic heterocycles. The molecule has 0 bridgehead atoms. The summed E-state index contributed by atoms with van der Waals surface area (Å²) in [5.74, 6) is 1.39. The van der Waals surface area contributed by atoms with E-state index in [4.69, 9.17) is 0 Å². The normalized spacial score (nSPS) is 31.7. The molecule has 1 saturated heterocycles. The zero-order chi connectivity index (χ0) is 13.7. The van der Waals surface area contributed by atoms with E-state index in [1.165, 1.54) is 64.7 Å². The third-order valence-electron chi connectivity index (χ3n) is 5.12. The van der Waals surface area contributed by atoms with Gasteiger partial charge in [-0.05, 0) is 70.5 Å². The minimum absolute atomic E-state index is 0.118. The molecule has 0 aromatic carbocycles. The molecule has 1 saturated carbocycles. The summed E-state index contributed by atoms with van der Waals surface area (Å²) in [6.45, 7) is 9.01. The Bertz CT molecular complexity index is 249. The van der Waals surface area contributed by atoms with Crippen LogP contribution in [0, 0.1) is 11.8 Å². The fourth-order valence-corrected chi connectivity index (χ4v) is 3.80. The van der Waals surface area contributed by atoms with E-state index in [1.54, 1.807) is 0 Å². The highest BCUT2D eigenvalue weighted by Crippen LogP contribution is 2.28. The third-order valence-corrected chi connectivity index (χ3v) is 5.12. The highest BCUT2D eigenvalue weighted by atomic mass is 16.3. The van der Waals surface area contributed by atoms with Gasteiger partial charge in [0, 0.05) is 12.6 Å². The van der Waals surface area contributed by atoms with Gasteiger partial charge in [0.1, 0.15) is 0 Å². The molecule has 1 aliphatic carbocycles. The number of hydrogen-bond acceptors (Lipinski definition) is 3. The van der Waals surface area contributed by atoms with Crippen molar-refractivity contribution in [2.45, 2.75) is 64.5 Å². The maximum atomic E-state index is 9.66. The highest BCUT2D eigenvalue weighted by Gasteiger charge is 2.30. The SMILES string of the molecule is CCCNC1CCCC1CN1CCC(C(C)O)CC1. The van der Waals surface area contributed by atoms with Gasteiger partial charge in [0.2, 0.25) is 0 Å². The van der Waals surface area contributed by atoms with Crippen molar-refractivity contribution in [1.29, 1.82) is 0 Å². The van der Waals surface area contributed by atoms with Crippen LogP contribution in [-0.4, -0.2) is 48.3 Å². The number of piperidine rings is 1. The van der Waals surface area contributed by atoms with E-state index in [0.29, 0.717) is 5.92 Å². The third kappa shape index (κ3) is 4.44. The molecule has 112 valence electrons. The Hall–Kier alpha value is -0.120. The summed E-state index contributed by atoms with van der Waals surface area (Å²) >= 11 is 0. The van der Waals surface area contributed by atoms with Crippen LogP contribution >= 0.6 is 0 Å². The summed E-state index contributed by atoms with van der Waals surface area (Å²) in [4.78, 5) is 2.63. The first-order valence-corrected chi connectivity index (χ1v) is 8.34. The first kappa shape index (κ1) is 15.3. The number of nitrogens with zero attached hydrogens (tertiary/aromatic N) is 1. The van der Waals surface area contributed by atoms with Gasteiger partial charge in [0.05, 0.1) is 6.10 Å². The Morgan fingerprint density at radius 3 is 2.58 bits per heavy atom. The first-order chi connectivity index (χ1) is 9.20. The molecule has 0 spiro atoms. The van der Waals surface area contributed by atoms with Gasteiger partial charge in [-0.25, -0.2) is 0 Å². The van der Waals surface area contributed by atoms with Crippen molar-refractivity contribution >= 4 is 0 Å². The molecule has 3 heteroatoms. The summed E-state index contributed by atoms with van der Waals surface area (Å²) in [5, 5.41) is 13.4. The Morgan fingerprint density at radius 1 is 1.21 bits per heavy atom. The Kier molecular flexibility index (Phi) is 6.11. The topological polar surface area (TPSA) is 35.5 Å². The lowest BCUT2D eigenvalue weighted by Gasteiger charge is -2.36. The Labute approximate surface area is 118 Å².